The molecule has 1 aliphatic heterocycles. The van der Waals surface area contributed by atoms with Crippen molar-refractivity contribution < 1.29 is 13.9 Å². The minimum absolute atomic E-state index is 0.00120. The van der Waals surface area contributed by atoms with Crippen LogP contribution in [0.25, 0.3) is 16.7 Å². The van der Waals surface area contributed by atoms with E-state index < -0.39 is 0 Å². The Balaban J connectivity index is 1.49. The number of carbonyl (C=O) groups excluding carboxylic acids is 1. The van der Waals surface area contributed by atoms with Crippen molar-refractivity contribution in [2.45, 2.75) is 26.0 Å². The number of imidazole rings is 1. The molecule has 0 saturated carbocycles. The summed E-state index contributed by atoms with van der Waals surface area (Å²) in [6.45, 7) is 2.67. The molecule has 174 valence electrons. The number of hydrogen-bond acceptors (Lipinski definition) is 4. The average Bonchev–Trinajstić information content (AvgIpc) is 3.41. The first-order valence-electron chi connectivity index (χ1n) is 10.9. The third-order valence-electron chi connectivity index (χ3n) is 6.16. The van der Waals surface area contributed by atoms with Gasteiger partial charge >= 0.3 is 5.69 Å². The van der Waals surface area contributed by atoms with Crippen LogP contribution in [0.15, 0.2) is 65.7 Å². The summed E-state index contributed by atoms with van der Waals surface area (Å²) in [7, 11) is 0. The highest BCUT2D eigenvalue weighted by atomic mass is 35.5. The van der Waals surface area contributed by atoms with Gasteiger partial charge in [0.1, 0.15) is 18.2 Å². The fraction of sp³-hybridized carbons (Fsp3) is 0.240. The van der Waals surface area contributed by atoms with Crippen LogP contribution < -0.4 is 10.4 Å². The van der Waals surface area contributed by atoms with Crippen LogP contribution in [0, 0.1) is 5.82 Å². The maximum absolute atomic E-state index is 13.9. The third-order valence-corrected chi connectivity index (χ3v) is 6.46. The van der Waals surface area contributed by atoms with E-state index in [9.17, 15) is 14.0 Å². The lowest BCUT2D eigenvalue weighted by Gasteiger charge is -2.15. The van der Waals surface area contributed by atoms with Gasteiger partial charge in [-0.25, -0.2) is 9.18 Å². The predicted octanol–water partition coefficient (Wildman–Crippen LogP) is 4.35. The Kier molecular flexibility index (Phi) is 5.83. The number of benzene rings is 2. The molecular weight excluding hydrogens is 459 g/mol. The highest BCUT2D eigenvalue weighted by molar-refractivity contribution is 6.32. The highest BCUT2D eigenvalue weighted by Crippen LogP contribution is 2.30. The van der Waals surface area contributed by atoms with E-state index >= 15 is 0 Å². The number of ether oxygens (including phenoxy) is 1. The molecule has 9 heteroatoms. The largest absolute Gasteiger partial charge is 0.487 e. The number of rotatable bonds is 5. The van der Waals surface area contributed by atoms with Gasteiger partial charge in [0, 0.05) is 31.8 Å². The number of amides is 1. The van der Waals surface area contributed by atoms with Gasteiger partial charge in [0.15, 0.2) is 0 Å². The van der Waals surface area contributed by atoms with E-state index in [1.54, 1.807) is 68.9 Å². The van der Waals surface area contributed by atoms with E-state index in [0.29, 0.717) is 47.1 Å². The number of likely N-dealkylation sites (tertiary alicyclic amines) is 1. The molecule has 0 bridgehead atoms. The van der Waals surface area contributed by atoms with E-state index in [-0.39, 0.29) is 30.1 Å². The first-order chi connectivity index (χ1) is 16.4. The Hall–Kier alpha value is -3.65. The van der Waals surface area contributed by atoms with E-state index in [4.69, 9.17) is 16.3 Å². The summed E-state index contributed by atoms with van der Waals surface area (Å²) in [6, 6.07) is 13.1. The molecule has 1 saturated heterocycles. The number of hydrogen-bond donors (Lipinski definition) is 0. The molecule has 1 atom stereocenters. The van der Waals surface area contributed by atoms with Gasteiger partial charge in [0.05, 0.1) is 34.0 Å². The summed E-state index contributed by atoms with van der Waals surface area (Å²) in [5, 5.41) is 0.300. The molecule has 0 spiro atoms. The van der Waals surface area contributed by atoms with E-state index in [1.807, 2.05) is 0 Å². The molecule has 1 aliphatic rings. The van der Waals surface area contributed by atoms with Crippen LogP contribution in [-0.2, 0) is 11.4 Å². The molecule has 7 nitrogen and oxygen atoms in total. The summed E-state index contributed by atoms with van der Waals surface area (Å²) in [5.41, 5.74) is 2.14. The van der Waals surface area contributed by atoms with Crippen molar-refractivity contribution in [1.29, 1.82) is 0 Å². The van der Waals surface area contributed by atoms with Gasteiger partial charge in [0.2, 0.25) is 5.91 Å². The zero-order chi connectivity index (χ0) is 23.8. The van der Waals surface area contributed by atoms with Gasteiger partial charge in [-0.1, -0.05) is 29.8 Å². The summed E-state index contributed by atoms with van der Waals surface area (Å²) in [5.74, 6) is 0.0348. The second-order valence-corrected chi connectivity index (χ2v) is 8.66. The molecule has 0 N–H and O–H groups in total. The van der Waals surface area contributed by atoms with Crippen LogP contribution in [-0.4, -0.2) is 38.0 Å². The van der Waals surface area contributed by atoms with E-state index in [2.05, 4.69) is 4.98 Å². The van der Waals surface area contributed by atoms with Crippen molar-refractivity contribution in [2.75, 3.05) is 13.1 Å². The highest BCUT2D eigenvalue weighted by Gasteiger charge is 2.29. The van der Waals surface area contributed by atoms with Gasteiger partial charge in [0.25, 0.3) is 0 Å². The smallest absolute Gasteiger partial charge is 0.334 e. The van der Waals surface area contributed by atoms with Crippen LogP contribution >= 0.6 is 11.6 Å². The zero-order valence-electron chi connectivity index (χ0n) is 18.4. The van der Waals surface area contributed by atoms with Gasteiger partial charge in [-0.2, -0.15) is 0 Å². The van der Waals surface area contributed by atoms with Gasteiger partial charge in [-0.05, 0) is 36.8 Å². The minimum atomic E-state index is -0.350. The molecule has 34 heavy (non-hydrogen) atoms. The molecule has 0 radical (unpaired) electrons. The lowest BCUT2D eigenvalue weighted by atomic mass is 10.2. The molecule has 4 aromatic rings. The second-order valence-electron chi connectivity index (χ2n) is 8.25. The van der Waals surface area contributed by atoms with Crippen LogP contribution in [0.3, 0.4) is 0 Å². The number of nitrogens with zero attached hydrogens (tertiary/aromatic N) is 4. The molecule has 5 rings (SSSR count). The summed E-state index contributed by atoms with van der Waals surface area (Å²) in [4.78, 5) is 31.3. The quantitative estimate of drug-likeness (QED) is 0.426. The van der Waals surface area contributed by atoms with Crippen LogP contribution in [0.2, 0.25) is 5.02 Å². The molecule has 2 aromatic heterocycles. The molecule has 1 fully saturated rings. The Bertz CT molecular complexity index is 1450. The Labute approximate surface area is 200 Å². The fourth-order valence-electron chi connectivity index (χ4n) is 4.43. The number of aromatic nitrogens is 3. The fourth-order valence-corrected chi connectivity index (χ4v) is 4.66. The molecular formula is C25H22ClFN4O3. The SMILES string of the molecule is CC(=O)N1CC[C@@H](n2c(=O)n(-c3ccc(OCc4ccccc4F)c(Cl)c3)c3cnccc32)C1. The summed E-state index contributed by atoms with van der Waals surface area (Å²) >= 11 is 6.48. The van der Waals surface area contributed by atoms with Crippen LogP contribution in [0.5, 0.6) is 5.75 Å². The number of halogens is 2. The molecule has 0 unspecified atom stereocenters. The van der Waals surface area contributed by atoms with Gasteiger partial charge < -0.3 is 9.64 Å². The summed E-state index contributed by atoms with van der Waals surface area (Å²) < 4.78 is 22.9. The standard InChI is InChI=1S/C25H22ClFN4O3/c1-16(32)29-11-9-19(14-29)31-22-8-10-28-13-23(22)30(25(31)33)18-6-7-24(20(26)12-18)34-15-17-4-2-3-5-21(17)27/h2-8,10,12-13,19H,9,11,14-15H2,1H3/t19-/m1/s1. The Morgan fingerprint density at radius 2 is 2.03 bits per heavy atom. The molecule has 1 amide bonds. The van der Waals surface area contributed by atoms with Crippen LogP contribution in [0.4, 0.5) is 4.39 Å². The lowest BCUT2D eigenvalue weighted by molar-refractivity contribution is -0.127. The monoisotopic (exact) mass is 480 g/mol. The van der Waals surface area contributed by atoms with E-state index in [0.717, 1.165) is 5.52 Å². The van der Waals surface area contributed by atoms with Crippen molar-refractivity contribution in [1.82, 2.24) is 19.0 Å². The normalized spacial score (nSPS) is 15.7. The van der Waals surface area contributed by atoms with Crippen molar-refractivity contribution in [3.8, 4) is 11.4 Å². The van der Waals surface area contributed by atoms with Gasteiger partial charge in [-0.15, -0.1) is 0 Å². The molecule has 2 aromatic carbocycles. The third kappa shape index (κ3) is 3.94. The number of fused-ring (bicyclic) bond motifs is 1. The van der Waals surface area contributed by atoms with E-state index in [1.165, 1.54) is 13.0 Å². The Morgan fingerprint density at radius 1 is 1.21 bits per heavy atom. The lowest BCUT2D eigenvalue weighted by Crippen LogP contribution is -2.30. The Morgan fingerprint density at radius 3 is 2.76 bits per heavy atom. The van der Waals surface area contributed by atoms with Crippen LogP contribution in [0.1, 0.15) is 24.9 Å². The predicted molar refractivity (Wildman–Crippen MR) is 127 cm³/mol. The topological polar surface area (TPSA) is 69.4 Å². The first kappa shape index (κ1) is 22.2. The van der Waals surface area contributed by atoms with Crippen molar-refractivity contribution >= 4 is 28.5 Å². The van der Waals surface area contributed by atoms with Crippen molar-refractivity contribution in [3.05, 3.63) is 87.8 Å². The second kappa shape index (κ2) is 8.95. The number of pyridine rings is 1. The van der Waals surface area contributed by atoms with Crippen molar-refractivity contribution in [3.63, 3.8) is 0 Å². The maximum Gasteiger partial charge on any atom is 0.334 e. The average molecular weight is 481 g/mol. The summed E-state index contributed by atoms with van der Waals surface area (Å²) in [6.07, 6.45) is 3.98. The zero-order valence-corrected chi connectivity index (χ0v) is 19.2. The molecule has 3 heterocycles. The first-order valence-corrected chi connectivity index (χ1v) is 11.3. The maximum atomic E-state index is 13.9. The number of carbonyl (C=O) groups is 1. The minimum Gasteiger partial charge on any atom is -0.487 e. The molecule has 0 aliphatic carbocycles. The van der Waals surface area contributed by atoms with Crippen molar-refractivity contribution in [2.24, 2.45) is 0 Å². The van der Waals surface area contributed by atoms with Gasteiger partial charge in [-0.3, -0.25) is 18.9 Å².